The van der Waals surface area contributed by atoms with Crippen molar-refractivity contribution in [2.24, 2.45) is 0 Å². The molecule has 1 aromatic rings. The van der Waals surface area contributed by atoms with Crippen LogP contribution in [-0.2, 0) is 6.54 Å². The van der Waals surface area contributed by atoms with Crippen molar-refractivity contribution in [1.29, 1.82) is 0 Å². The molecule has 0 saturated heterocycles. The van der Waals surface area contributed by atoms with E-state index in [0.717, 1.165) is 0 Å². The first-order valence-electron chi connectivity index (χ1n) is 3.76. The highest BCUT2D eigenvalue weighted by Gasteiger charge is 2.13. The Morgan fingerprint density at radius 3 is 2.93 bits per heavy atom. The van der Waals surface area contributed by atoms with Crippen LogP contribution in [0.25, 0.3) is 0 Å². The van der Waals surface area contributed by atoms with Gasteiger partial charge in [0.15, 0.2) is 0 Å². The van der Waals surface area contributed by atoms with Gasteiger partial charge in [-0.1, -0.05) is 23.2 Å². The van der Waals surface area contributed by atoms with Crippen molar-refractivity contribution in [2.45, 2.75) is 13.5 Å². The lowest BCUT2D eigenvalue weighted by atomic mass is 10.4. The van der Waals surface area contributed by atoms with Gasteiger partial charge in [0, 0.05) is 10.6 Å². The van der Waals surface area contributed by atoms with Crippen LogP contribution in [0.4, 0.5) is 0 Å². The first-order chi connectivity index (χ1) is 6.56. The van der Waals surface area contributed by atoms with E-state index in [2.05, 4.69) is 4.98 Å². The summed E-state index contributed by atoms with van der Waals surface area (Å²) in [6.45, 7) is 1.92. The summed E-state index contributed by atoms with van der Waals surface area (Å²) in [6, 6.07) is 0. The van der Waals surface area contributed by atoms with E-state index in [9.17, 15) is 4.79 Å². The molecule has 0 unspecified atom stereocenters. The van der Waals surface area contributed by atoms with Gasteiger partial charge in [-0.2, -0.15) is 0 Å². The van der Waals surface area contributed by atoms with Crippen LogP contribution in [0.15, 0.2) is 16.8 Å². The number of carboxylic acids is 1. The van der Waals surface area contributed by atoms with Gasteiger partial charge in [-0.3, -0.25) is 0 Å². The van der Waals surface area contributed by atoms with E-state index >= 15 is 0 Å². The van der Waals surface area contributed by atoms with Gasteiger partial charge in [0.1, 0.15) is 11.5 Å². The Hall–Kier alpha value is -1.00. The van der Waals surface area contributed by atoms with Crippen LogP contribution in [0, 0.1) is 6.92 Å². The van der Waals surface area contributed by atoms with E-state index < -0.39 is 5.97 Å². The largest absolute Gasteiger partial charge is 0.477 e. The molecule has 4 nitrogen and oxygen atoms in total. The molecular formula is C8H8Cl2N2O2. The molecule has 6 heteroatoms. The molecule has 0 amide bonds. The number of nitrogens with zero attached hydrogens (tertiary/aromatic N) is 2. The number of imidazole rings is 1. The molecule has 0 aromatic carbocycles. The minimum Gasteiger partial charge on any atom is -0.477 e. The zero-order valence-corrected chi connectivity index (χ0v) is 8.88. The normalized spacial score (nSPS) is 11.8. The maximum absolute atomic E-state index is 10.7. The second kappa shape index (κ2) is 4.48. The molecule has 14 heavy (non-hydrogen) atoms. The lowest BCUT2D eigenvalue weighted by Gasteiger charge is -2.05. The first-order valence-corrected chi connectivity index (χ1v) is 4.58. The van der Waals surface area contributed by atoms with Gasteiger partial charge in [-0.05, 0) is 6.92 Å². The summed E-state index contributed by atoms with van der Waals surface area (Å²) in [5.74, 6) is -0.455. The van der Waals surface area contributed by atoms with Gasteiger partial charge in [0.25, 0.3) is 0 Å². The van der Waals surface area contributed by atoms with Crippen LogP contribution in [0.1, 0.15) is 16.3 Å². The number of hydrogen-bond donors (Lipinski definition) is 1. The lowest BCUT2D eigenvalue weighted by Crippen LogP contribution is -2.10. The summed E-state index contributed by atoms with van der Waals surface area (Å²) < 4.78 is 1.48. The van der Waals surface area contributed by atoms with Crippen molar-refractivity contribution >= 4 is 29.2 Å². The molecule has 0 aliphatic rings. The van der Waals surface area contributed by atoms with Crippen molar-refractivity contribution in [2.75, 3.05) is 0 Å². The topological polar surface area (TPSA) is 55.1 Å². The highest BCUT2D eigenvalue weighted by molar-refractivity contribution is 6.36. The molecule has 0 aliphatic carbocycles. The fourth-order valence-electron chi connectivity index (χ4n) is 1.02. The van der Waals surface area contributed by atoms with Gasteiger partial charge >= 0.3 is 5.97 Å². The quantitative estimate of drug-likeness (QED) is 0.873. The molecule has 76 valence electrons. The Morgan fingerprint density at radius 2 is 2.43 bits per heavy atom. The summed E-state index contributed by atoms with van der Waals surface area (Å²) >= 11 is 11.1. The monoisotopic (exact) mass is 234 g/mol. The summed E-state index contributed by atoms with van der Waals surface area (Å²) in [4.78, 5) is 14.6. The number of aromatic carboxylic acids is 1. The Bertz CT molecular complexity index is 385. The third-order valence-corrected chi connectivity index (χ3v) is 2.31. The van der Waals surface area contributed by atoms with Gasteiger partial charge in [-0.25, -0.2) is 9.78 Å². The van der Waals surface area contributed by atoms with Gasteiger partial charge in [-0.15, -0.1) is 0 Å². The maximum Gasteiger partial charge on any atom is 0.354 e. The number of hydrogen-bond acceptors (Lipinski definition) is 2. The molecule has 1 aromatic heterocycles. The molecule has 1 heterocycles. The second-order valence-corrected chi connectivity index (χ2v) is 3.34. The van der Waals surface area contributed by atoms with Crippen molar-refractivity contribution in [3.8, 4) is 0 Å². The average Bonchev–Trinajstić information content (AvgIpc) is 2.48. The summed E-state index contributed by atoms with van der Waals surface area (Å²) in [6.07, 6.45) is 1.29. The molecule has 0 atom stereocenters. The predicted molar refractivity (Wildman–Crippen MR) is 53.7 cm³/mol. The number of rotatable bonds is 3. The lowest BCUT2D eigenvalue weighted by molar-refractivity contribution is 0.0685. The molecule has 0 spiro atoms. The van der Waals surface area contributed by atoms with Gasteiger partial charge < -0.3 is 9.67 Å². The zero-order chi connectivity index (χ0) is 10.7. The summed E-state index contributed by atoms with van der Waals surface area (Å²) in [5.41, 5.74) is 1.30. The minimum atomic E-state index is -1.04. The molecular weight excluding hydrogens is 227 g/mol. The molecule has 1 N–H and O–H groups in total. The number of carboxylic acid groups (broad SMARTS) is 1. The molecule has 0 fully saturated rings. The zero-order valence-electron chi connectivity index (χ0n) is 7.37. The Labute approximate surface area is 90.8 Å². The van der Waals surface area contributed by atoms with Crippen LogP contribution < -0.4 is 0 Å². The Balaban J connectivity index is 3.05. The standard InChI is InChI=1S/C8H8Cl2N2O2/c1-5-11-3-7(8(13)14)12(5)4-6(10)2-9/h2-3H,4H2,1H3,(H,13,14). The fourth-order valence-corrected chi connectivity index (χ4v) is 1.21. The average molecular weight is 235 g/mol. The Kier molecular flexibility index (Phi) is 3.55. The van der Waals surface area contributed by atoms with Crippen LogP contribution in [-0.4, -0.2) is 20.6 Å². The number of halogens is 2. The molecule has 0 aliphatic heterocycles. The van der Waals surface area contributed by atoms with Crippen LogP contribution in [0.5, 0.6) is 0 Å². The SMILES string of the molecule is Cc1ncc(C(=O)O)n1CC(Cl)=CCl. The first kappa shape index (κ1) is 11.1. The van der Waals surface area contributed by atoms with Crippen molar-refractivity contribution in [3.63, 3.8) is 0 Å². The second-order valence-electron chi connectivity index (χ2n) is 2.64. The van der Waals surface area contributed by atoms with E-state index in [1.807, 2.05) is 0 Å². The maximum atomic E-state index is 10.7. The van der Waals surface area contributed by atoms with Gasteiger partial charge in [0.05, 0.1) is 12.7 Å². The molecule has 0 bridgehead atoms. The van der Waals surface area contributed by atoms with Crippen LogP contribution in [0.2, 0.25) is 0 Å². The van der Waals surface area contributed by atoms with Crippen LogP contribution in [0.3, 0.4) is 0 Å². The van der Waals surface area contributed by atoms with Gasteiger partial charge in [0.2, 0.25) is 0 Å². The van der Waals surface area contributed by atoms with E-state index in [1.165, 1.54) is 16.3 Å². The summed E-state index contributed by atoms with van der Waals surface area (Å²) in [5, 5.41) is 9.16. The Morgan fingerprint density at radius 1 is 1.79 bits per heavy atom. The molecule has 1 rings (SSSR count). The van der Waals surface area contributed by atoms with E-state index in [0.29, 0.717) is 10.9 Å². The van der Waals surface area contributed by atoms with E-state index in [-0.39, 0.29) is 12.2 Å². The van der Waals surface area contributed by atoms with Crippen LogP contribution >= 0.6 is 23.2 Å². The highest BCUT2D eigenvalue weighted by atomic mass is 35.5. The predicted octanol–water partition coefficient (Wildman–Crippen LogP) is 2.21. The third kappa shape index (κ3) is 2.27. The van der Waals surface area contributed by atoms with E-state index in [1.54, 1.807) is 6.92 Å². The van der Waals surface area contributed by atoms with Crippen molar-refractivity contribution in [3.05, 3.63) is 28.3 Å². The highest BCUT2D eigenvalue weighted by Crippen LogP contribution is 2.12. The minimum absolute atomic E-state index is 0.0965. The number of aromatic nitrogens is 2. The molecule has 0 saturated carbocycles. The number of carbonyl (C=O) groups is 1. The molecule has 0 radical (unpaired) electrons. The van der Waals surface area contributed by atoms with E-state index in [4.69, 9.17) is 28.3 Å². The third-order valence-electron chi connectivity index (χ3n) is 1.70. The smallest absolute Gasteiger partial charge is 0.354 e. The van der Waals surface area contributed by atoms with Crippen molar-refractivity contribution in [1.82, 2.24) is 9.55 Å². The van der Waals surface area contributed by atoms with Crippen molar-refractivity contribution < 1.29 is 9.90 Å². The fraction of sp³-hybridized carbons (Fsp3) is 0.250. The number of allylic oxidation sites excluding steroid dienone is 1. The number of aryl methyl sites for hydroxylation is 1. The summed E-state index contributed by atoms with van der Waals surface area (Å²) in [7, 11) is 0.